The van der Waals surface area contributed by atoms with Crippen molar-refractivity contribution in [2.75, 3.05) is 18.0 Å². The third-order valence-corrected chi connectivity index (χ3v) is 3.86. The van der Waals surface area contributed by atoms with Gasteiger partial charge in [0, 0.05) is 25.3 Å². The van der Waals surface area contributed by atoms with Crippen LogP contribution >= 0.6 is 0 Å². The van der Waals surface area contributed by atoms with Crippen molar-refractivity contribution in [1.82, 2.24) is 4.90 Å². The molecule has 0 spiro atoms. The number of nitrogens with zero attached hydrogens (tertiary/aromatic N) is 2. The van der Waals surface area contributed by atoms with Crippen LogP contribution < -0.4 is 4.90 Å². The summed E-state index contributed by atoms with van der Waals surface area (Å²) in [6, 6.07) is 8.40. The van der Waals surface area contributed by atoms with E-state index in [0.717, 1.165) is 19.4 Å². The van der Waals surface area contributed by atoms with E-state index in [0.29, 0.717) is 13.1 Å². The molecule has 3 nitrogen and oxygen atoms in total. The summed E-state index contributed by atoms with van der Waals surface area (Å²) in [5, 5.41) is 0. The van der Waals surface area contributed by atoms with Crippen LogP contribution in [-0.2, 0) is 11.3 Å². The normalized spacial score (nSPS) is 22.4. The number of carbonyl (C=O) groups excluding carboxylic acids is 1. The highest BCUT2D eigenvalue weighted by atomic mass is 16.2. The molecule has 2 aliphatic heterocycles. The molecule has 94 valence electrons. The van der Waals surface area contributed by atoms with Gasteiger partial charge in [-0.15, -0.1) is 6.58 Å². The van der Waals surface area contributed by atoms with Gasteiger partial charge in [-0.25, -0.2) is 0 Å². The van der Waals surface area contributed by atoms with Crippen LogP contribution in [0.15, 0.2) is 36.9 Å². The Bertz CT molecular complexity index is 483. The van der Waals surface area contributed by atoms with Crippen LogP contribution in [0.1, 0.15) is 18.4 Å². The number of benzene rings is 1. The van der Waals surface area contributed by atoms with Crippen molar-refractivity contribution in [2.45, 2.75) is 25.4 Å². The van der Waals surface area contributed by atoms with E-state index in [1.165, 1.54) is 11.3 Å². The first-order chi connectivity index (χ1) is 8.81. The Hall–Kier alpha value is -1.77. The van der Waals surface area contributed by atoms with Gasteiger partial charge in [0.25, 0.3) is 0 Å². The highest BCUT2D eigenvalue weighted by molar-refractivity contribution is 5.87. The molecule has 1 aromatic carbocycles. The van der Waals surface area contributed by atoms with E-state index < -0.39 is 0 Å². The van der Waals surface area contributed by atoms with E-state index in [1.54, 1.807) is 0 Å². The number of para-hydroxylation sites is 1. The highest BCUT2D eigenvalue weighted by Gasteiger charge is 2.37. The monoisotopic (exact) mass is 242 g/mol. The maximum Gasteiger partial charge on any atom is 0.245 e. The molecule has 3 rings (SSSR count). The Balaban J connectivity index is 2.04. The predicted octanol–water partition coefficient (Wildman–Crippen LogP) is 2.18. The summed E-state index contributed by atoms with van der Waals surface area (Å²) in [5.74, 6) is 0.253. The number of fused-ring (bicyclic) bond motifs is 3. The van der Waals surface area contributed by atoms with E-state index in [2.05, 4.69) is 29.7 Å². The Morgan fingerprint density at radius 2 is 2.22 bits per heavy atom. The SMILES string of the molecule is C=CCN1Cc2ccccc2N2CCCC2C1=O. The van der Waals surface area contributed by atoms with Crippen molar-refractivity contribution < 1.29 is 4.79 Å². The Morgan fingerprint density at radius 1 is 1.39 bits per heavy atom. The molecule has 0 aliphatic carbocycles. The van der Waals surface area contributed by atoms with Gasteiger partial charge in [0.2, 0.25) is 5.91 Å². The quantitative estimate of drug-likeness (QED) is 0.742. The van der Waals surface area contributed by atoms with Gasteiger partial charge in [0.1, 0.15) is 6.04 Å². The van der Waals surface area contributed by atoms with Gasteiger partial charge in [-0.05, 0) is 24.5 Å². The van der Waals surface area contributed by atoms with Gasteiger partial charge < -0.3 is 9.80 Å². The first-order valence-electron chi connectivity index (χ1n) is 6.55. The number of carbonyl (C=O) groups is 1. The summed E-state index contributed by atoms with van der Waals surface area (Å²) in [7, 11) is 0. The average molecular weight is 242 g/mol. The van der Waals surface area contributed by atoms with Gasteiger partial charge in [-0.3, -0.25) is 4.79 Å². The van der Waals surface area contributed by atoms with E-state index in [-0.39, 0.29) is 11.9 Å². The molecule has 1 fully saturated rings. The lowest BCUT2D eigenvalue weighted by Gasteiger charge is -2.26. The molecule has 0 N–H and O–H groups in total. The molecule has 0 radical (unpaired) electrons. The van der Waals surface area contributed by atoms with Gasteiger partial charge in [0.15, 0.2) is 0 Å². The zero-order valence-electron chi connectivity index (χ0n) is 10.5. The van der Waals surface area contributed by atoms with Crippen LogP contribution in [0.2, 0.25) is 0 Å². The fourth-order valence-electron chi connectivity index (χ4n) is 3.04. The van der Waals surface area contributed by atoms with E-state index in [9.17, 15) is 4.79 Å². The predicted molar refractivity (Wildman–Crippen MR) is 72.4 cm³/mol. The van der Waals surface area contributed by atoms with Gasteiger partial charge in [0.05, 0.1) is 0 Å². The van der Waals surface area contributed by atoms with Crippen molar-refractivity contribution >= 4 is 11.6 Å². The van der Waals surface area contributed by atoms with E-state index >= 15 is 0 Å². The second-order valence-electron chi connectivity index (χ2n) is 4.99. The minimum Gasteiger partial charge on any atom is -0.359 e. The van der Waals surface area contributed by atoms with Crippen LogP contribution in [0.4, 0.5) is 5.69 Å². The first-order valence-corrected chi connectivity index (χ1v) is 6.55. The molecule has 1 aromatic rings. The molecule has 2 heterocycles. The second kappa shape index (κ2) is 4.48. The minimum atomic E-state index is 0.0357. The molecule has 0 bridgehead atoms. The average Bonchev–Trinajstić information content (AvgIpc) is 2.83. The van der Waals surface area contributed by atoms with Crippen molar-refractivity contribution in [3.63, 3.8) is 0 Å². The van der Waals surface area contributed by atoms with E-state index in [1.807, 2.05) is 17.0 Å². The summed E-state index contributed by atoms with van der Waals surface area (Å²) in [5.41, 5.74) is 2.48. The topological polar surface area (TPSA) is 23.6 Å². The van der Waals surface area contributed by atoms with Crippen molar-refractivity contribution in [1.29, 1.82) is 0 Å². The summed E-state index contributed by atoms with van der Waals surface area (Å²) >= 11 is 0. The summed E-state index contributed by atoms with van der Waals surface area (Å²) in [6.07, 6.45) is 3.89. The third-order valence-electron chi connectivity index (χ3n) is 3.86. The fraction of sp³-hybridized carbons (Fsp3) is 0.400. The smallest absolute Gasteiger partial charge is 0.245 e. The van der Waals surface area contributed by atoms with Crippen molar-refractivity contribution in [3.05, 3.63) is 42.5 Å². The third kappa shape index (κ3) is 1.70. The summed E-state index contributed by atoms with van der Waals surface area (Å²) in [4.78, 5) is 16.7. The highest BCUT2D eigenvalue weighted by Crippen LogP contribution is 2.33. The van der Waals surface area contributed by atoms with E-state index in [4.69, 9.17) is 0 Å². The molecule has 1 saturated heterocycles. The van der Waals surface area contributed by atoms with Crippen LogP contribution in [0, 0.1) is 0 Å². The Morgan fingerprint density at radius 3 is 3.06 bits per heavy atom. The number of hydrogen-bond donors (Lipinski definition) is 0. The van der Waals surface area contributed by atoms with Gasteiger partial charge >= 0.3 is 0 Å². The molecule has 18 heavy (non-hydrogen) atoms. The number of anilines is 1. The van der Waals surface area contributed by atoms with Crippen molar-refractivity contribution in [2.24, 2.45) is 0 Å². The zero-order chi connectivity index (χ0) is 12.5. The lowest BCUT2D eigenvalue weighted by atomic mass is 10.1. The molecular formula is C15H18N2O. The van der Waals surface area contributed by atoms with Gasteiger partial charge in [-0.2, -0.15) is 0 Å². The molecule has 3 heteroatoms. The maximum absolute atomic E-state index is 12.5. The molecule has 1 unspecified atom stereocenters. The maximum atomic E-state index is 12.5. The van der Waals surface area contributed by atoms with Crippen LogP contribution in [0.5, 0.6) is 0 Å². The van der Waals surface area contributed by atoms with Crippen LogP contribution in [0.25, 0.3) is 0 Å². The fourth-order valence-corrected chi connectivity index (χ4v) is 3.04. The number of amides is 1. The largest absolute Gasteiger partial charge is 0.359 e. The zero-order valence-corrected chi connectivity index (χ0v) is 10.5. The van der Waals surface area contributed by atoms with Crippen LogP contribution in [0.3, 0.4) is 0 Å². The minimum absolute atomic E-state index is 0.0357. The number of hydrogen-bond acceptors (Lipinski definition) is 2. The lowest BCUT2D eigenvalue weighted by molar-refractivity contribution is -0.132. The summed E-state index contributed by atoms with van der Waals surface area (Å²) in [6.45, 7) is 6.09. The molecule has 0 aromatic heterocycles. The van der Waals surface area contributed by atoms with Crippen molar-refractivity contribution in [3.8, 4) is 0 Å². The lowest BCUT2D eigenvalue weighted by Crippen LogP contribution is -2.43. The summed E-state index contributed by atoms with van der Waals surface area (Å²) < 4.78 is 0. The standard InChI is InChI=1S/C15H18N2O/c1-2-9-16-11-12-6-3-4-7-13(12)17-10-5-8-14(17)15(16)18/h2-4,6-7,14H,1,5,8-11H2. The molecule has 1 atom stereocenters. The van der Waals surface area contributed by atoms with Crippen LogP contribution in [-0.4, -0.2) is 29.9 Å². The Labute approximate surface area is 108 Å². The first kappa shape index (κ1) is 11.3. The van der Waals surface area contributed by atoms with Gasteiger partial charge in [-0.1, -0.05) is 24.3 Å². The molecule has 2 aliphatic rings. The number of rotatable bonds is 2. The Kier molecular flexibility index (Phi) is 2.82. The molecular weight excluding hydrogens is 224 g/mol. The second-order valence-corrected chi connectivity index (χ2v) is 4.99. The molecule has 1 amide bonds. The molecule has 0 saturated carbocycles.